The molecule has 5 nitrogen and oxygen atoms in total. The Morgan fingerprint density at radius 1 is 1.44 bits per heavy atom. The van der Waals surface area contributed by atoms with Crippen LogP contribution in [0, 0.1) is 6.92 Å². The van der Waals surface area contributed by atoms with Gasteiger partial charge in [-0.15, -0.1) is 0 Å². The van der Waals surface area contributed by atoms with Crippen LogP contribution in [-0.4, -0.2) is 23.6 Å². The van der Waals surface area contributed by atoms with Crippen molar-refractivity contribution in [2.45, 2.75) is 23.8 Å². The molecule has 0 aliphatic heterocycles. The van der Waals surface area contributed by atoms with Crippen molar-refractivity contribution in [3.63, 3.8) is 0 Å². The summed E-state index contributed by atoms with van der Waals surface area (Å²) in [5.41, 5.74) is 0. The van der Waals surface area contributed by atoms with Gasteiger partial charge in [0.2, 0.25) is 0 Å². The zero-order chi connectivity index (χ0) is 13.0. The number of aromatic nitrogens is 2. The fourth-order valence-corrected chi connectivity index (χ4v) is 2.39. The van der Waals surface area contributed by atoms with E-state index in [0.29, 0.717) is 11.6 Å². The predicted octanol–water partition coefficient (Wildman–Crippen LogP) is 2.97. The van der Waals surface area contributed by atoms with Crippen molar-refractivity contribution >= 4 is 17.6 Å². The normalized spacial score (nSPS) is 10.4. The fraction of sp³-hybridized carbons (Fsp3) is 0.333. The average Bonchev–Trinajstić information content (AvgIpc) is 2.76. The molecule has 0 unspecified atom stereocenters. The first-order chi connectivity index (χ1) is 8.76. The van der Waals surface area contributed by atoms with E-state index < -0.39 is 0 Å². The van der Waals surface area contributed by atoms with Crippen LogP contribution in [0.5, 0.6) is 5.75 Å². The lowest BCUT2D eigenvalue weighted by molar-refractivity contribution is 0.400. The number of hydrogen-bond acceptors (Lipinski definition) is 6. The molecule has 0 aliphatic carbocycles. The van der Waals surface area contributed by atoms with Gasteiger partial charge < -0.3 is 14.5 Å². The highest BCUT2D eigenvalue weighted by molar-refractivity contribution is 7.99. The van der Waals surface area contributed by atoms with Crippen molar-refractivity contribution in [1.29, 1.82) is 0 Å². The average molecular weight is 265 g/mol. The Hall–Kier alpha value is -1.69. The molecule has 2 heterocycles. The molecule has 0 amide bonds. The minimum absolute atomic E-state index is 0.657. The maximum atomic E-state index is 5.38. The van der Waals surface area contributed by atoms with E-state index in [1.165, 1.54) is 18.1 Å². The first kappa shape index (κ1) is 12.8. The van der Waals surface area contributed by atoms with E-state index in [0.717, 1.165) is 22.2 Å². The van der Waals surface area contributed by atoms with Gasteiger partial charge >= 0.3 is 0 Å². The van der Waals surface area contributed by atoms with Crippen LogP contribution in [-0.2, 0) is 0 Å². The fourth-order valence-electron chi connectivity index (χ4n) is 1.49. The third kappa shape index (κ3) is 2.59. The second kappa shape index (κ2) is 5.77. The van der Waals surface area contributed by atoms with Crippen molar-refractivity contribution in [3.05, 3.63) is 24.4 Å². The second-order valence-corrected chi connectivity index (χ2v) is 4.56. The smallest absolute Gasteiger partial charge is 0.194 e. The molecule has 2 aromatic rings. The van der Waals surface area contributed by atoms with Gasteiger partial charge in [-0.1, -0.05) is 11.8 Å². The maximum Gasteiger partial charge on any atom is 0.194 e. The summed E-state index contributed by atoms with van der Waals surface area (Å²) in [7, 11) is 1.62. The number of hydrogen-bond donors (Lipinski definition) is 1. The molecular formula is C12H15N3O2S. The summed E-state index contributed by atoms with van der Waals surface area (Å²) < 4.78 is 10.6. The minimum Gasteiger partial charge on any atom is -0.490 e. The maximum absolute atomic E-state index is 5.38. The van der Waals surface area contributed by atoms with E-state index in [-0.39, 0.29) is 0 Å². The molecule has 6 heteroatoms. The molecule has 0 atom stereocenters. The number of nitrogens with zero attached hydrogens (tertiary/aromatic N) is 2. The first-order valence-electron chi connectivity index (χ1n) is 5.61. The second-order valence-electron chi connectivity index (χ2n) is 3.53. The van der Waals surface area contributed by atoms with E-state index in [4.69, 9.17) is 9.15 Å². The largest absolute Gasteiger partial charge is 0.490 e. The van der Waals surface area contributed by atoms with Crippen LogP contribution in [0.1, 0.15) is 12.7 Å². The zero-order valence-electron chi connectivity index (χ0n) is 10.6. The molecule has 0 spiro atoms. The van der Waals surface area contributed by atoms with Gasteiger partial charge in [0.25, 0.3) is 0 Å². The molecule has 1 N–H and O–H groups in total. The predicted molar refractivity (Wildman–Crippen MR) is 70.3 cm³/mol. The quantitative estimate of drug-likeness (QED) is 0.839. The summed E-state index contributed by atoms with van der Waals surface area (Å²) in [6.07, 6.45) is 3.19. The van der Waals surface area contributed by atoms with Crippen LogP contribution >= 0.6 is 11.8 Å². The van der Waals surface area contributed by atoms with E-state index in [9.17, 15) is 0 Å². The van der Waals surface area contributed by atoms with E-state index in [1.807, 2.05) is 19.9 Å². The number of rotatable bonds is 5. The van der Waals surface area contributed by atoms with Gasteiger partial charge in [-0.25, -0.2) is 9.97 Å². The van der Waals surface area contributed by atoms with Crippen molar-refractivity contribution in [3.8, 4) is 5.75 Å². The molecule has 0 saturated heterocycles. The number of nitrogens with one attached hydrogen (secondary N) is 1. The van der Waals surface area contributed by atoms with Crippen molar-refractivity contribution in [2.24, 2.45) is 0 Å². The van der Waals surface area contributed by atoms with E-state index in [2.05, 4.69) is 15.3 Å². The molecule has 0 bridgehead atoms. The molecule has 0 saturated carbocycles. The number of ether oxygens (including phenoxy) is 1. The van der Waals surface area contributed by atoms with Gasteiger partial charge in [-0.3, -0.25) is 0 Å². The Balaban J connectivity index is 2.32. The topological polar surface area (TPSA) is 60.2 Å². The van der Waals surface area contributed by atoms with Crippen LogP contribution in [0.4, 0.5) is 5.82 Å². The lowest BCUT2D eigenvalue weighted by Gasteiger charge is -2.11. The number of furan rings is 1. The van der Waals surface area contributed by atoms with Gasteiger partial charge in [-0.2, -0.15) is 0 Å². The molecule has 0 fully saturated rings. The van der Waals surface area contributed by atoms with Crippen LogP contribution in [0.3, 0.4) is 0 Å². The molecule has 0 aromatic carbocycles. The molecule has 18 heavy (non-hydrogen) atoms. The van der Waals surface area contributed by atoms with E-state index >= 15 is 0 Å². The summed E-state index contributed by atoms with van der Waals surface area (Å²) in [4.78, 5) is 9.44. The van der Waals surface area contributed by atoms with Crippen molar-refractivity contribution in [1.82, 2.24) is 9.97 Å². The lowest BCUT2D eigenvalue weighted by Crippen LogP contribution is -2.03. The van der Waals surface area contributed by atoms with Crippen LogP contribution in [0.25, 0.3) is 0 Å². The third-order valence-corrected chi connectivity index (χ3v) is 3.46. The molecule has 2 aromatic heterocycles. The summed E-state index contributed by atoms with van der Waals surface area (Å²) in [5, 5.41) is 3.92. The van der Waals surface area contributed by atoms with Crippen molar-refractivity contribution < 1.29 is 9.15 Å². The summed E-state index contributed by atoms with van der Waals surface area (Å²) in [5.74, 6) is 2.23. The number of aryl methyl sites for hydroxylation is 1. The lowest BCUT2D eigenvalue weighted by atomic mass is 10.5. The molecule has 0 radical (unpaired) electrons. The Labute approximate surface area is 110 Å². The van der Waals surface area contributed by atoms with Gasteiger partial charge in [0, 0.05) is 6.54 Å². The highest BCUT2D eigenvalue weighted by Crippen LogP contribution is 2.38. The van der Waals surface area contributed by atoms with Crippen LogP contribution in [0.2, 0.25) is 0 Å². The Morgan fingerprint density at radius 2 is 2.28 bits per heavy atom. The SMILES string of the molecule is CCNc1ncnc(Sc2ccoc2C)c1OC. The highest BCUT2D eigenvalue weighted by Gasteiger charge is 2.14. The Bertz CT molecular complexity index is 528. The minimum atomic E-state index is 0.657. The summed E-state index contributed by atoms with van der Waals surface area (Å²) >= 11 is 1.50. The van der Waals surface area contributed by atoms with Crippen LogP contribution < -0.4 is 10.1 Å². The molecule has 2 rings (SSSR count). The monoisotopic (exact) mass is 265 g/mol. The Kier molecular flexibility index (Phi) is 4.09. The standard InChI is InChI=1S/C12H15N3O2S/c1-4-13-11-10(16-3)12(15-7-14-11)18-9-5-6-17-8(9)2/h5-7H,4H2,1-3H3,(H,13,14,15). The summed E-state index contributed by atoms with van der Waals surface area (Å²) in [6.45, 7) is 4.71. The Morgan fingerprint density at radius 3 is 2.89 bits per heavy atom. The summed E-state index contributed by atoms with van der Waals surface area (Å²) in [6, 6.07) is 1.91. The highest BCUT2D eigenvalue weighted by atomic mass is 32.2. The van der Waals surface area contributed by atoms with Crippen LogP contribution in [0.15, 0.2) is 33.0 Å². The first-order valence-corrected chi connectivity index (χ1v) is 6.42. The van der Waals surface area contributed by atoms with Crippen molar-refractivity contribution in [2.75, 3.05) is 19.0 Å². The van der Waals surface area contributed by atoms with Gasteiger partial charge in [0.15, 0.2) is 11.6 Å². The molecule has 0 aliphatic rings. The molecular weight excluding hydrogens is 250 g/mol. The number of anilines is 1. The number of methoxy groups -OCH3 is 1. The molecule has 96 valence electrons. The van der Waals surface area contributed by atoms with Gasteiger partial charge in [-0.05, 0) is 19.9 Å². The van der Waals surface area contributed by atoms with Gasteiger partial charge in [0.05, 0.1) is 18.3 Å². The van der Waals surface area contributed by atoms with E-state index in [1.54, 1.807) is 13.4 Å². The zero-order valence-corrected chi connectivity index (χ0v) is 11.4. The third-order valence-electron chi connectivity index (χ3n) is 2.34. The van der Waals surface area contributed by atoms with Gasteiger partial charge in [0.1, 0.15) is 17.1 Å².